The molecule has 0 spiro atoms. The van der Waals surface area contributed by atoms with Gasteiger partial charge < -0.3 is 4.74 Å². The van der Waals surface area contributed by atoms with Crippen LogP contribution in [0.2, 0.25) is 5.02 Å². The maximum Gasteiger partial charge on any atom is 0.316 e. The lowest BCUT2D eigenvalue weighted by Crippen LogP contribution is -2.23. The van der Waals surface area contributed by atoms with Crippen LogP contribution < -0.4 is 5.56 Å². The molecule has 1 aromatic heterocycles. The van der Waals surface area contributed by atoms with Crippen molar-refractivity contribution in [1.29, 1.82) is 0 Å². The summed E-state index contributed by atoms with van der Waals surface area (Å²) < 4.78 is 6.62. The first-order valence-corrected chi connectivity index (χ1v) is 9.02. The zero-order chi connectivity index (χ0) is 17.5. The maximum atomic E-state index is 12.6. The van der Waals surface area contributed by atoms with Crippen molar-refractivity contribution in [3.63, 3.8) is 0 Å². The third-order valence-corrected chi connectivity index (χ3v) is 4.46. The Kier molecular flexibility index (Phi) is 6.87. The molecular weight excluding hydrogens is 348 g/mol. The van der Waals surface area contributed by atoms with Gasteiger partial charge in [-0.3, -0.25) is 14.2 Å². The van der Waals surface area contributed by atoms with E-state index in [1.807, 2.05) is 6.92 Å². The molecule has 0 N–H and O–H groups in total. The minimum Gasteiger partial charge on any atom is -0.465 e. The van der Waals surface area contributed by atoms with E-state index in [2.05, 4.69) is 11.6 Å². The fourth-order valence-corrected chi connectivity index (χ4v) is 3.04. The van der Waals surface area contributed by atoms with Gasteiger partial charge in [0, 0.05) is 11.6 Å². The standard InChI is InChI=1S/C17H19ClN2O3S/c1-3-5-9-23-15(21)11-24-17-19-14-10-12(18)6-7-13(14)16(22)20(17)8-4-2/h4,6-7,10H,2-3,5,8-9,11H2,1H3. The van der Waals surface area contributed by atoms with Gasteiger partial charge in [0.15, 0.2) is 5.16 Å². The predicted octanol–water partition coefficient (Wildman–Crippen LogP) is 3.67. The van der Waals surface area contributed by atoms with E-state index < -0.39 is 0 Å². The minimum atomic E-state index is -0.320. The number of esters is 1. The van der Waals surface area contributed by atoms with Gasteiger partial charge in [-0.1, -0.05) is 42.8 Å². The molecule has 0 fully saturated rings. The summed E-state index contributed by atoms with van der Waals surface area (Å²) in [6.45, 7) is 6.43. The molecule has 0 aliphatic heterocycles. The van der Waals surface area contributed by atoms with Gasteiger partial charge >= 0.3 is 5.97 Å². The van der Waals surface area contributed by atoms with Gasteiger partial charge in [0.1, 0.15) is 0 Å². The topological polar surface area (TPSA) is 61.2 Å². The molecule has 0 radical (unpaired) electrons. The smallest absolute Gasteiger partial charge is 0.316 e. The lowest BCUT2D eigenvalue weighted by molar-refractivity contribution is -0.140. The molecule has 5 nitrogen and oxygen atoms in total. The van der Waals surface area contributed by atoms with Gasteiger partial charge in [0.05, 0.1) is 23.3 Å². The van der Waals surface area contributed by atoms with Crippen molar-refractivity contribution in [2.75, 3.05) is 12.4 Å². The van der Waals surface area contributed by atoms with Crippen LogP contribution in [0.1, 0.15) is 19.8 Å². The number of nitrogens with zero attached hydrogens (tertiary/aromatic N) is 2. The van der Waals surface area contributed by atoms with Gasteiger partial charge in [-0.05, 0) is 24.6 Å². The SMILES string of the molecule is C=CCn1c(SCC(=O)OCCCC)nc2cc(Cl)ccc2c1=O. The molecule has 2 aromatic rings. The molecule has 0 aliphatic rings. The molecule has 0 unspecified atom stereocenters. The van der Waals surface area contributed by atoms with Crippen molar-refractivity contribution in [1.82, 2.24) is 9.55 Å². The Hall–Kier alpha value is -1.79. The maximum absolute atomic E-state index is 12.6. The van der Waals surface area contributed by atoms with Crippen LogP contribution in [0.3, 0.4) is 0 Å². The summed E-state index contributed by atoms with van der Waals surface area (Å²) in [5, 5.41) is 1.43. The lowest BCUT2D eigenvalue weighted by atomic mass is 10.2. The molecule has 24 heavy (non-hydrogen) atoms. The zero-order valence-electron chi connectivity index (χ0n) is 13.5. The second-order valence-corrected chi connectivity index (χ2v) is 6.50. The van der Waals surface area contributed by atoms with Gasteiger partial charge in [-0.25, -0.2) is 4.98 Å². The number of carbonyl (C=O) groups excluding carboxylic acids is 1. The number of rotatable bonds is 8. The van der Waals surface area contributed by atoms with Crippen LogP contribution in [0.25, 0.3) is 10.9 Å². The molecule has 0 saturated carbocycles. The fourth-order valence-electron chi connectivity index (χ4n) is 2.07. The summed E-state index contributed by atoms with van der Waals surface area (Å²) in [7, 11) is 0. The van der Waals surface area contributed by atoms with Crippen LogP contribution in [0.5, 0.6) is 0 Å². The summed E-state index contributed by atoms with van der Waals surface area (Å²) in [4.78, 5) is 28.8. The molecule has 1 heterocycles. The first-order valence-electron chi connectivity index (χ1n) is 7.66. The predicted molar refractivity (Wildman–Crippen MR) is 97.8 cm³/mol. The molecule has 7 heteroatoms. The molecule has 0 aliphatic carbocycles. The highest BCUT2D eigenvalue weighted by atomic mass is 35.5. The zero-order valence-corrected chi connectivity index (χ0v) is 15.0. The third-order valence-electron chi connectivity index (χ3n) is 3.27. The molecule has 128 valence electrons. The van der Waals surface area contributed by atoms with Crippen molar-refractivity contribution in [2.45, 2.75) is 31.5 Å². The van der Waals surface area contributed by atoms with Crippen molar-refractivity contribution in [3.8, 4) is 0 Å². The summed E-state index contributed by atoms with van der Waals surface area (Å²) >= 11 is 7.15. The van der Waals surface area contributed by atoms with Crippen LogP contribution in [-0.2, 0) is 16.1 Å². The third kappa shape index (κ3) is 4.61. The lowest BCUT2D eigenvalue weighted by Gasteiger charge is -2.11. The second kappa shape index (κ2) is 8.89. The summed E-state index contributed by atoms with van der Waals surface area (Å²) in [6.07, 6.45) is 3.42. The molecule has 0 bridgehead atoms. The van der Waals surface area contributed by atoms with Crippen LogP contribution >= 0.6 is 23.4 Å². The fraction of sp³-hybridized carbons (Fsp3) is 0.353. The summed E-state index contributed by atoms with van der Waals surface area (Å²) in [6, 6.07) is 4.95. The molecule has 0 saturated heterocycles. The minimum absolute atomic E-state index is 0.0966. The average molecular weight is 367 g/mol. The average Bonchev–Trinajstić information content (AvgIpc) is 2.56. The Morgan fingerprint density at radius 1 is 1.50 bits per heavy atom. The van der Waals surface area contributed by atoms with E-state index in [0.29, 0.717) is 34.2 Å². The van der Waals surface area contributed by atoms with Crippen molar-refractivity contribution in [2.24, 2.45) is 0 Å². The summed E-state index contributed by atoms with van der Waals surface area (Å²) in [5.74, 6) is -0.224. The van der Waals surface area contributed by atoms with Gasteiger partial charge in [-0.2, -0.15) is 0 Å². The first-order chi connectivity index (χ1) is 11.6. The number of hydrogen-bond donors (Lipinski definition) is 0. The first kappa shape index (κ1) is 18.5. The molecule has 2 rings (SSSR count). The molecule has 0 amide bonds. The van der Waals surface area contributed by atoms with Crippen molar-refractivity contribution in [3.05, 3.63) is 46.2 Å². The number of ether oxygens (including phenoxy) is 1. The highest BCUT2D eigenvalue weighted by Crippen LogP contribution is 2.20. The van der Waals surface area contributed by atoms with Crippen molar-refractivity contribution < 1.29 is 9.53 Å². The Morgan fingerprint density at radius 2 is 2.29 bits per heavy atom. The van der Waals surface area contributed by atoms with Crippen LogP contribution in [0.4, 0.5) is 0 Å². The Labute approximate surface area is 149 Å². The van der Waals surface area contributed by atoms with E-state index in [1.54, 1.807) is 24.3 Å². The van der Waals surface area contributed by atoms with Crippen LogP contribution in [-0.4, -0.2) is 27.9 Å². The van der Waals surface area contributed by atoms with Gasteiger partial charge in [0.2, 0.25) is 0 Å². The monoisotopic (exact) mass is 366 g/mol. The number of benzene rings is 1. The number of hydrogen-bond acceptors (Lipinski definition) is 5. The Balaban J connectivity index is 2.27. The summed E-state index contributed by atoms with van der Waals surface area (Å²) in [5.41, 5.74) is 0.327. The number of unbranched alkanes of at least 4 members (excludes halogenated alkanes) is 1. The van der Waals surface area contributed by atoms with E-state index in [4.69, 9.17) is 16.3 Å². The van der Waals surface area contributed by atoms with Crippen LogP contribution in [0, 0.1) is 0 Å². The van der Waals surface area contributed by atoms with E-state index >= 15 is 0 Å². The molecule has 0 atom stereocenters. The number of thioether (sulfide) groups is 1. The largest absolute Gasteiger partial charge is 0.465 e. The van der Waals surface area contributed by atoms with Gasteiger partial charge in [0.25, 0.3) is 5.56 Å². The highest BCUT2D eigenvalue weighted by Gasteiger charge is 2.13. The molecule has 1 aromatic carbocycles. The number of halogens is 1. The van der Waals surface area contributed by atoms with E-state index in [0.717, 1.165) is 12.8 Å². The van der Waals surface area contributed by atoms with E-state index in [9.17, 15) is 9.59 Å². The van der Waals surface area contributed by atoms with Crippen molar-refractivity contribution >= 4 is 40.2 Å². The van der Waals surface area contributed by atoms with E-state index in [-0.39, 0.29) is 17.3 Å². The van der Waals surface area contributed by atoms with E-state index in [1.165, 1.54) is 16.3 Å². The Bertz CT molecular complexity index is 804. The Morgan fingerprint density at radius 3 is 3.00 bits per heavy atom. The number of aromatic nitrogens is 2. The number of carbonyl (C=O) groups is 1. The number of allylic oxidation sites excluding steroid dienone is 1. The number of fused-ring (bicyclic) bond motifs is 1. The highest BCUT2D eigenvalue weighted by molar-refractivity contribution is 7.99. The molecular formula is C17H19ClN2O3S. The van der Waals surface area contributed by atoms with Gasteiger partial charge in [-0.15, -0.1) is 6.58 Å². The normalized spacial score (nSPS) is 10.8. The van der Waals surface area contributed by atoms with Crippen LogP contribution in [0.15, 0.2) is 40.8 Å². The quantitative estimate of drug-likeness (QED) is 0.234. The second-order valence-electron chi connectivity index (χ2n) is 5.12.